The average Bonchev–Trinajstić information content (AvgIpc) is 2.64. The van der Waals surface area contributed by atoms with Crippen molar-refractivity contribution in [3.63, 3.8) is 0 Å². The van der Waals surface area contributed by atoms with Gasteiger partial charge < -0.3 is 29.9 Å². The van der Waals surface area contributed by atoms with E-state index in [0.717, 1.165) is 19.3 Å². The molecule has 0 saturated carbocycles. The van der Waals surface area contributed by atoms with Crippen LogP contribution in [0.4, 0.5) is 0 Å². The third kappa shape index (κ3) is 24.1. The number of methoxy groups -OCH3 is 1. The number of hydrogen-bond donors (Lipinski definition) is 3. The van der Waals surface area contributed by atoms with Gasteiger partial charge in [-0.1, -0.05) is 84.0 Å². The lowest BCUT2D eigenvalue weighted by Gasteiger charge is -2.17. The monoisotopic (exact) mass is 457 g/mol. The van der Waals surface area contributed by atoms with Crippen LogP contribution in [0.2, 0.25) is 0 Å². The van der Waals surface area contributed by atoms with Crippen molar-refractivity contribution in [2.24, 2.45) is 0 Å². The predicted molar refractivity (Wildman–Crippen MR) is 122 cm³/mol. The molecule has 5 N–H and O–H groups in total. The molecule has 0 aliphatic heterocycles. The molecule has 29 heavy (non-hydrogen) atoms. The maximum Gasteiger partial charge on any atom is 0.321 e. The first-order valence-electron chi connectivity index (χ1n) is 10.8. The van der Waals surface area contributed by atoms with Gasteiger partial charge in [0.15, 0.2) is 0 Å². The molecule has 7 nitrogen and oxygen atoms in total. The highest BCUT2D eigenvalue weighted by molar-refractivity contribution is 8.06. The van der Waals surface area contributed by atoms with Gasteiger partial charge in [0.05, 0.1) is 6.61 Å². The number of carbonyl (C=O) groups is 1. The molecule has 0 heterocycles. The first-order chi connectivity index (χ1) is 13.4. The molecule has 0 aromatic carbocycles. The lowest BCUT2D eigenvalue weighted by Crippen LogP contribution is -2.25. The zero-order valence-corrected chi connectivity index (χ0v) is 20.2. The molecule has 0 aromatic heterocycles. The number of esters is 1. The molecule has 176 valence electrons. The molecule has 0 saturated heterocycles. The van der Waals surface area contributed by atoms with Crippen LogP contribution in [0.25, 0.3) is 0 Å². The highest BCUT2D eigenvalue weighted by Crippen LogP contribution is 2.36. The van der Waals surface area contributed by atoms with Crippen LogP contribution in [0.15, 0.2) is 0 Å². The highest BCUT2D eigenvalue weighted by atomic mass is 32.5. The zero-order chi connectivity index (χ0) is 21.1. The summed E-state index contributed by atoms with van der Waals surface area (Å²) in [5.41, 5.74) is 0. The normalized spacial score (nSPS) is 12.4. The lowest BCUT2D eigenvalue weighted by molar-refractivity contribution is -0.148. The smallest absolute Gasteiger partial charge is 0.321 e. The Hall–Kier alpha value is -0.0800. The summed E-state index contributed by atoms with van der Waals surface area (Å²) < 4.78 is 14.9. The van der Waals surface area contributed by atoms with E-state index in [4.69, 9.17) is 23.8 Å². The molecule has 0 rings (SSSR count). The number of ether oxygens (including phenoxy) is 2. The van der Waals surface area contributed by atoms with E-state index < -0.39 is 12.8 Å². The molecule has 0 spiro atoms. The summed E-state index contributed by atoms with van der Waals surface area (Å²) in [4.78, 5) is 29.8. The van der Waals surface area contributed by atoms with E-state index in [0.29, 0.717) is 6.42 Å². The molecule has 1 atom stereocenters. The topological polar surface area (TPSA) is 120 Å². The second kappa shape index (κ2) is 21.2. The van der Waals surface area contributed by atoms with Crippen molar-refractivity contribution in [3.8, 4) is 0 Å². The molecule has 0 radical (unpaired) electrons. The second-order valence-corrected chi connectivity index (χ2v) is 9.99. The van der Waals surface area contributed by atoms with Crippen molar-refractivity contribution < 1.29 is 28.6 Å². The van der Waals surface area contributed by atoms with Gasteiger partial charge in [-0.05, 0) is 18.2 Å². The van der Waals surface area contributed by atoms with Crippen LogP contribution in [0.5, 0.6) is 0 Å². The quantitative estimate of drug-likeness (QED) is 0.126. The first-order valence-corrected chi connectivity index (χ1v) is 13.4. The first kappa shape index (κ1) is 31.1. The molecule has 1 unspecified atom stereocenters. The van der Waals surface area contributed by atoms with Gasteiger partial charge >= 0.3 is 12.7 Å². The standard InChI is InChI=1S/C20H41O6PS.H3N/c1-3-4-5-6-7-8-9-10-11-12-13-14-15-16-20(21)25-17-19(24-2)18-26-27(22,23)28;/h19H,3-18H2,1-2H3,(H2,22,23,28);1H3. The van der Waals surface area contributed by atoms with Gasteiger partial charge in [-0.3, -0.25) is 4.79 Å². The average molecular weight is 458 g/mol. The maximum atomic E-state index is 11.7. The van der Waals surface area contributed by atoms with Crippen LogP contribution in [0, 0.1) is 0 Å². The third-order valence-electron chi connectivity index (χ3n) is 4.68. The molecule has 0 amide bonds. The van der Waals surface area contributed by atoms with Gasteiger partial charge in [-0.2, -0.15) is 0 Å². The Morgan fingerprint density at radius 2 is 1.31 bits per heavy atom. The van der Waals surface area contributed by atoms with Crippen molar-refractivity contribution in [2.75, 3.05) is 20.3 Å². The van der Waals surface area contributed by atoms with E-state index in [9.17, 15) is 4.79 Å². The van der Waals surface area contributed by atoms with Crippen molar-refractivity contribution in [1.82, 2.24) is 6.15 Å². The van der Waals surface area contributed by atoms with E-state index in [1.165, 1.54) is 71.3 Å². The third-order valence-corrected chi connectivity index (χ3v) is 5.48. The van der Waals surface area contributed by atoms with Gasteiger partial charge in [-0.15, -0.1) is 0 Å². The SMILES string of the molecule is CCCCCCCCCCCCCCCC(=O)OCC(COP(O)(O)=S)OC.N. The minimum Gasteiger partial charge on any atom is -0.463 e. The van der Waals surface area contributed by atoms with Crippen molar-refractivity contribution >= 4 is 24.5 Å². The Morgan fingerprint density at radius 3 is 1.72 bits per heavy atom. The maximum absolute atomic E-state index is 11.7. The van der Waals surface area contributed by atoms with Crippen LogP contribution >= 0.6 is 6.72 Å². The van der Waals surface area contributed by atoms with Crippen molar-refractivity contribution in [1.29, 1.82) is 0 Å². The van der Waals surface area contributed by atoms with Crippen LogP contribution in [-0.4, -0.2) is 42.2 Å². The van der Waals surface area contributed by atoms with E-state index in [1.54, 1.807) is 0 Å². The summed E-state index contributed by atoms with van der Waals surface area (Å²) in [5.74, 6) is -0.266. The van der Waals surface area contributed by atoms with Crippen LogP contribution < -0.4 is 6.15 Å². The van der Waals surface area contributed by atoms with E-state index >= 15 is 0 Å². The number of carbonyl (C=O) groups excluding carboxylic acids is 1. The number of unbranched alkanes of at least 4 members (excludes halogenated alkanes) is 12. The molecule has 0 aliphatic carbocycles. The van der Waals surface area contributed by atoms with Crippen LogP contribution in [0.1, 0.15) is 96.8 Å². The Morgan fingerprint density at radius 1 is 0.862 bits per heavy atom. The summed E-state index contributed by atoms with van der Waals surface area (Å²) in [6.45, 7) is -1.56. The van der Waals surface area contributed by atoms with Crippen LogP contribution in [-0.2, 0) is 30.6 Å². The highest BCUT2D eigenvalue weighted by Gasteiger charge is 2.16. The Bertz CT molecular complexity index is 422. The molecular formula is C20H44NO6PS. The van der Waals surface area contributed by atoms with E-state index in [1.807, 2.05) is 0 Å². The fraction of sp³-hybridized carbons (Fsp3) is 0.950. The lowest BCUT2D eigenvalue weighted by atomic mass is 10.0. The summed E-state index contributed by atoms with van der Waals surface area (Å²) >= 11 is 4.36. The van der Waals surface area contributed by atoms with Gasteiger partial charge in [0.1, 0.15) is 12.7 Å². The number of rotatable bonds is 20. The minimum atomic E-state index is -3.71. The minimum absolute atomic E-state index is 0. The molecule has 0 aromatic rings. The number of hydrogen-bond acceptors (Lipinski definition) is 6. The van der Waals surface area contributed by atoms with E-state index in [-0.39, 0.29) is 25.3 Å². The van der Waals surface area contributed by atoms with Crippen molar-refractivity contribution in [3.05, 3.63) is 0 Å². The molecule has 0 aliphatic rings. The van der Waals surface area contributed by atoms with E-state index in [2.05, 4.69) is 18.7 Å². The van der Waals surface area contributed by atoms with Gasteiger partial charge in [0.2, 0.25) is 0 Å². The Kier molecular flexibility index (Phi) is 22.7. The molecule has 0 fully saturated rings. The summed E-state index contributed by atoms with van der Waals surface area (Å²) in [6, 6.07) is 0. The Balaban J connectivity index is 0. The molecule has 0 bridgehead atoms. The predicted octanol–water partition coefficient (Wildman–Crippen LogP) is 5.41. The van der Waals surface area contributed by atoms with Gasteiger partial charge in [0, 0.05) is 13.5 Å². The summed E-state index contributed by atoms with van der Waals surface area (Å²) in [6.07, 6.45) is 16.3. The largest absolute Gasteiger partial charge is 0.463 e. The fourth-order valence-corrected chi connectivity index (χ4v) is 3.45. The van der Waals surface area contributed by atoms with Gasteiger partial charge in [0.25, 0.3) is 0 Å². The van der Waals surface area contributed by atoms with Crippen molar-refractivity contribution in [2.45, 2.75) is 103 Å². The molecular weight excluding hydrogens is 413 g/mol. The zero-order valence-electron chi connectivity index (χ0n) is 18.5. The van der Waals surface area contributed by atoms with Gasteiger partial charge in [-0.25, -0.2) is 0 Å². The fourth-order valence-electron chi connectivity index (χ4n) is 2.91. The Labute approximate surface area is 182 Å². The van der Waals surface area contributed by atoms with Crippen LogP contribution in [0.3, 0.4) is 0 Å². The summed E-state index contributed by atoms with van der Waals surface area (Å²) in [5, 5.41) is 0. The summed E-state index contributed by atoms with van der Waals surface area (Å²) in [7, 11) is 1.44. The second-order valence-electron chi connectivity index (χ2n) is 7.32. The molecule has 9 heteroatoms.